The third kappa shape index (κ3) is 4.24. The maximum absolute atomic E-state index is 14.7. The molecule has 4 atom stereocenters. The van der Waals surface area contributed by atoms with Gasteiger partial charge in [0.2, 0.25) is 5.91 Å². The number of benzene rings is 2. The van der Waals surface area contributed by atoms with Gasteiger partial charge in [0.1, 0.15) is 11.5 Å². The van der Waals surface area contributed by atoms with Crippen LogP contribution in [0.2, 0.25) is 20.1 Å². The average molecular weight is 611 g/mol. The Balaban J connectivity index is 1.50. The Hall–Kier alpha value is -2.03. The van der Waals surface area contributed by atoms with E-state index in [2.05, 4.69) is 5.32 Å². The normalized spacial score (nSPS) is 28.1. The van der Waals surface area contributed by atoms with Gasteiger partial charge < -0.3 is 15.3 Å². The zero-order valence-corrected chi connectivity index (χ0v) is 24.0. The molecule has 0 radical (unpaired) electrons. The lowest BCUT2D eigenvalue weighted by atomic mass is 9.73. The monoisotopic (exact) mass is 609 g/mol. The van der Waals surface area contributed by atoms with Crippen LogP contribution in [0.5, 0.6) is 0 Å². The van der Waals surface area contributed by atoms with Crippen LogP contribution < -0.4 is 10.2 Å². The number of carboxylic acid groups (broad SMARTS) is 1. The van der Waals surface area contributed by atoms with Gasteiger partial charge in [0, 0.05) is 38.9 Å². The molecule has 3 aliphatic heterocycles. The Bertz CT molecular complexity index is 1360. The van der Waals surface area contributed by atoms with E-state index in [1.807, 2.05) is 4.90 Å². The van der Waals surface area contributed by atoms with Crippen molar-refractivity contribution >= 4 is 75.6 Å². The van der Waals surface area contributed by atoms with E-state index >= 15 is 0 Å². The summed E-state index contributed by atoms with van der Waals surface area (Å²) < 4.78 is 0. The minimum absolute atomic E-state index is 0.230. The molecule has 2 N–H and O–H groups in total. The standard InChI is InChI=1S/C28H27Cl4N3O4/c29-15-8-16(30)10-18(9-15)34(13-14-4-1-2-5-14)25(36)22-21-6-3-7-35(21)28(23(22)26(37)38)19-11-17(31)12-20(32)24(19)33-27(28)39/h8-12,14,21-23H,1-7,13H2,(H,33,39)(H,37,38)/t21-,22+,23-,28?/m0/s1. The number of carboxylic acids is 1. The molecule has 0 bridgehead atoms. The molecule has 206 valence electrons. The number of nitrogens with one attached hydrogen (secondary N) is 1. The van der Waals surface area contributed by atoms with Gasteiger partial charge in [-0.25, -0.2) is 0 Å². The first-order chi connectivity index (χ1) is 18.6. The van der Waals surface area contributed by atoms with Gasteiger partial charge in [0.05, 0.1) is 16.6 Å². The molecule has 2 aromatic rings. The van der Waals surface area contributed by atoms with E-state index < -0.39 is 35.3 Å². The molecular formula is C28H27Cl4N3O4. The minimum atomic E-state index is -1.61. The minimum Gasteiger partial charge on any atom is -0.481 e. The van der Waals surface area contributed by atoms with Gasteiger partial charge >= 0.3 is 5.97 Å². The van der Waals surface area contributed by atoms with Crippen molar-refractivity contribution in [1.29, 1.82) is 0 Å². The Morgan fingerprint density at radius 3 is 2.31 bits per heavy atom. The third-order valence-electron chi connectivity index (χ3n) is 8.92. The molecule has 2 aromatic carbocycles. The Morgan fingerprint density at radius 1 is 0.974 bits per heavy atom. The van der Waals surface area contributed by atoms with E-state index in [1.54, 1.807) is 29.2 Å². The van der Waals surface area contributed by atoms with Crippen LogP contribution in [-0.4, -0.2) is 46.9 Å². The number of rotatable bonds is 5. The maximum atomic E-state index is 14.7. The number of hydrogen-bond acceptors (Lipinski definition) is 4. The van der Waals surface area contributed by atoms with Gasteiger partial charge in [-0.15, -0.1) is 0 Å². The Labute approximate surface area is 246 Å². The number of carbonyl (C=O) groups is 3. The SMILES string of the molecule is O=C(O)[C@@H]1[C@H](C(=O)N(CC2CCCC2)c2cc(Cl)cc(Cl)c2)[C@@H]2CCCN2C12C(=O)Nc1c(Cl)cc(Cl)cc12. The summed E-state index contributed by atoms with van der Waals surface area (Å²) in [5, 5.41) is 14.8. The zero-order chi connectivity index (χ0) is 27.6. The quantitative estimate of drug-likeness (QED) is 0.405. The molecule has 2 saturated heterocycles. The Kier molecular flexibility index (Phi) is 7.04. The van der Waals surface area contributed by atoms with Crippen molar-refractivity contribution in [3.63, 3.8) is 0 Å². The molecule has 11 heteroatoms. The number of nitrogens with zero attached hydrogens (tertiary/aromatic N) is 2. The average Bonchev–Trinajstić information content (AvgIpc) is 3.63. The van der Waals surface area contributed by atoms with E-state index in [1.165, 1.54) is 6.07 Å². The highest BCUT2D eigenvalue weighted by Gasteiger charge is 2.71. The van der Waals surface area contributed by atoms with Crippen LogP contribution in [-0.2, 0) is 19.9 Å². The summed E-state index contributed by atoms with van der Waals surface area (Å²) in [4.78, 5) is 45.3. The molecule has 2 amide bonds. The number of aliphatic carboxylic acids is 1. The summed E-state index contributed by atoms with van der Waals surface area (Å²) in [5.41, 5.74) is -0.322. The van der Waals surface area contributed by atoms with Crippen LogP contribution in [0.1, 0.15) is 44.1 Å². The largest absolute Gasteiger partial charge is 0.481 e. The van der Waals surface area contributed by atoms with Crippen LogP contribution >= 0.6 is 46.4 Å². The van der Waals surface area contributed by atoms with Crippen molar-refractivity contribution in [2.45, 2.75) is 50.1 Å². The second-order valence-corrected chi connectivity index (χ2v) is 12.7. The molecule has 1 unspecified atom stereocenters. The summed E-state index contributed by atoms with van der Waals surface area (Å²) in [6.45, 7) is 0.902. The van der Waals surface area contributed by atoms with Crippen molar-refractivity contribution in [2.24, 2.45) is 17.8 Å². The van der Waals surface area contributed by atoms with E-state index in [-0.39, 0.29) is 16.8 Å². The van der Waals surface area contributed by atoms with Crippen molar-refractivity contribution in [3.05, 3.63) is 56.0 Å². The summed E-state index contributed by atoms with van der Waals surface area (Å²) in [6, 6.07) is 7.64. The molecule has 1 saturated carbocycles. The number of anilines is 2. The molecule has 3 heterocycles. The third-order valence-corrected chi connectivity index (χ3v) is 9.87. The lowest BCUT2D eigenvalue weighted by molar-refractivity contribution is -0.152. The second kappa shape index (κ2) is 10.1. The van der Waals surface area contributed by atoms with E-state index in [9.17, 15) is 19.5 Å². The zero-order valence-electron chi connectivity index (χ0n) is 20.9. The molecule has 1 aliphatic carbocycles. The topological polar surface area (TPSA) is 90.0 Å². The van der Waals surface area contributed by atoms with Crippen molar-refractivity contribution in [3.8, 4) is 0 Å². The lowest BCUT2D eigenvalue weighted by Gasteiger charge is -2.35. The van der Waals surface area contributed by atoms with E-state index in [0.29, 0.717) is 51.5 Å². The van der Waals surface area contributed by atoms with Crippen LogP contribution in [0.3, 0.4) is 0 Å². The number of hydrogen-bond donors (Lipinski definition) is 2. The highest BCUT2D eigenvalue weighted by Crippen LogP contribution is 2.59. The Morgan fingerprint density at radius 2 is 1.64 bits per heavy atom. The van der Waals surface area contributed by atoms with Crippen LogP contribution in [0.25, 0.3) is 0 Å². The van der Waals surface area contributed by atoms with Gasteiger partial charge in [0.25, 0.3) is 5.91 Å². The fourth-order valence-electron chi connectivity index (χ4n) is 7.48. The summed E-state index contributed by atoms with van der Waals surface area (Å²) in [5.74, 6) is -4.12. The molecular weight excluding hydrogens is 584 g/mol. The van der Waals surface area contributed by atoms with E-state index in [0.717, 1.165) is 32.1 Å². The number of halogens is 4. The predicted octanol–water partition coefficient (Wildman–Crippen LogP) is 6.47. The summed E-state index contributed by atoms with van der Waals surface area (Å²) in [6.07, 6.45) is 5.45. The van der Waals surface area contributed by atoms with Gasteiger partial charge in [-0.1, -0.05) is 59.2 Å². The number of amides is 2. The molecule has 1 spiro atoms. The lowest BCUT2D eigenvalue weighted by Crippen LogP contribution is -2.53. The molecule has 3 fully saturated rings. The highest BCUT2D eigenvalue weighted by atomic mass is 35.5. The number of fused-ring (bicyclic) bond motifs is 4. The predicted molar refractivity (Wildman–Crippen MR) is 152 cm³/mol. The molecule has 7 nitrogen and oxygen atoms in total. The van der Waals surface area contributed by atoms with Gasteiger partial charge in [-0.05, 0) is 68.5 Å². The maximum Gasteiger partial charge on any atom is 0.310 e. The first-order valence-electron chi connectivity index (χ1n) is 13.2. The highest BCUT2D eigenvalue weighted by molar-refractivity contribution is 6.38. The fourth-order valence-corrected chi connectivity index (χ4v) is 8.53. The first kappa shape index (κ1) is 27.2. The van der Waals surface area contributed by atoms with Gasteiger partial charge in [-0.3, -0.25) is 19.3 Å². The molecule has 39 heavy (non-hydrogen) atoms. The number of carbonyl (C=O) groups excluding carboxylic acids is 2. The van der Waals surface area contributed by atoms with Gasteiger partial charge in [0.15, 0.2) is 0 Å². The van der Waals surface area contributed by atoms with E-state index in [4.69, 9.17) is 46.4 Å². The molecule has 0 aromatic heterocycles. The van der Waals surface area contributed by atoms with Crippen LogP contribution in [0.4, 0.5) is 11.4 Å². The van der Waals surface area contributed by atoms with Crippen molar-refractivity contribution in [1.82, 2.24) is 4.90 Å². The van der Waals surface area contributed by atoms with Gasteiger partial charge in [-0.2, -0.15) is 0 Å². The summed E-state index contributed by atoms with van der Waals surface area (Å²) in [7, 11) is 0. The summed E-state index contributed by atoms with van der Waals surface area (Å²) >= 11 is 25.5. The molecule has 6 rings (SSSR count). The molecule has 4 aliphatic rings. The second-order valence-electron chi connectivity index (χ2n) is 11.0. The van der Waals surface area contributed by atoms with Crippen LogP contribution in [0.15, 0.2) is 30.3 Å². The first-order valence-corrected chi connectivity index (χ1v) is 14.7. The van der Waals surface area contributed by atoms with Crippen LogP contribution in [0, 0.1) is 17.8 Å². The van der Waals surface area contributed by atoms with Crippen molar-refractivity contribution in [2.75, 3.05) is 23.3 Å². The fraction of sp³-hybridized carbons (Fsp3) is 0.464. The van der Waals surface area contributed by atoms with Crippen molar-refractivity contribution < 1.29 is 19.5 Å². The smallest absolute Gasteiger partial charge is 0.310 e.